The highest BCUT2D eigenvalue weighted by Crippen LogP contribution is 2.12. The van der Waals surface area contributed by atoms with Crippen LogP contribution in [0.1, 0.15) is 20.8 Å². The van der Waals surface area contributed by atoms with Gasteiger partial charge in [-0.3, -0.25) is 0 Å². The lowest BCUT2D eigenvalue weighted by atomic mass is 10.2. The van der Waals surface area contributed by atoms with Gasteiger partial charge in [-0.2, -0.15) is 10.1 Å². The average Bonchev–Trinajstić information content (AvgIpc) is 2.69. The largest absolute Gasteiger partial charge is 0.444 e. The second kappa shape index (κ2) is 5.62. The Morgan fingerprint density at radius 2 is 2.20 bits per heavy atom. The van der Waals surface area contributed by atoms with Gasteiger partial charge in [0, 0.05) is 12.7 Å². The first-order valence-electron chi connectivity index (χ1n) is 6.16. The number of hydrogen-bond acceptors (Lipinski definition) is 5. The summed E-state index contributed by atoms with van der Waals surface area (Å²) in [5, 5.41) is 7.79. The number of ether oxygens (including phenoxy) is 1. The van der Waals surface area contributed by atoms with Crippen molar-refractivity contribution in [2.24, 2.45) is 0 Å². The van der Waals surface area contributed by atoms with Crippen molar-refractivity contribution in [3.05, 3.63) is 17.7 Å². The van der Waals surface area contributed by atoms with Gasteiger partial charge < -0.3 is 10.1 Å². The molecule has 0 radical (unpaired) electrons. The maximum Gasteiger partial charge on any atom is 0.407 e. The summed E-state index contributed by atoms with van der Waals surface area (Å²) in [6.07, 6.45) is 2.80. The second-order valence-electron chi connectivity index (χ2n) is 5.21. The van der Waals surface area contributed by atoms with Crippen LogP contribution in [0.4, 0.5) is 4.79 Å². The summed E-state index contributed by atoms with van der Waals surface area (Å²) in [5.74, 6) is 0. The van der Waals surface area contributed by atoms with Gasteiger partial charge in [0.1, 0.15) is 5.60 Å². The molecule has 0 fully saturated rings. The second-order valence-corrected chi connectivity index (χ2v) is 5.55. The minimum Gasteiger partial charge on any atom is -0.444 e. The highest BCUT2D eigenvalue weighted by molar-refractivity contribution is 6.28. The zero-order chi connectivity index (χ0) is 14.8. The maximum absolute atomic E-state index is 11.5. The van der Waals surface area contributed by atoms with Gasteiger partial charge in [0.25, 0.3) is 0 Å². The molecule has 0 saturated carbocycles. The zero-order valence-corrected chi connectivity index (χ0v) is 12.3. The predicted octanol–water partition coefficient (Wildman–Crippen LogP) is 2.00. The van der Waals surface area contributed by atoms with E-state index >= 15 is 0 Å². The summed E-state index contributed by atoms with van der Waals surface area (Å²) in [6.45, 7) is 6.29. The predicted molar refractivity (Wildman–Crippen MR) is 74.6 cm³/mol. The number of fused-ring (bicyclic) bond motifs is 1. The molecule has 0 unspecified atom stereocenters. The van der Waals surface area contributed by atoms with Crippen LogP contribution in [0.25, 0.3) is 11.0 Å². The highest BCUT2D eigenvalue weighted by atomic mass is 35.5. The Hall–Kier alpha value is -1.89. The van der Waals surface area contributed by atoms with Crippen molar-refractivity contribution in [1.29, 1.82) is 0 Å². The molecule has 1 amide bonds. The molecule has 0 aliphatic rings. The van der Waals surface area contributed by atoms with E-state index in [1.54, 1.807) is 17.1 Å². The minimum atomic E-state index is -0.511. The first-order valence-corrected chi connectivity index (χ1v) is 6.54. The Labute approximate surface area is 121 Å². The van der Waals surface area contributed by atoms with Crippen LogP contribution < -0.4 is 5.32 Å². The van der Waals surface area contributed by atoms with E-state index in [-0.39, 0.29) is 5.28 Å². The number of aromatic nitrogens is 4. The van der Waals surface area contributed by atoms with E-state index in [4.69, 9.17) is 16.3 Å². The highest BCUT2D eigenvalue weighted by Gasteiger charge is 2.15. The van der Waals surface area contributed by atoms with Gasteiger partial charge in [0.05, 0.1) is 18.1 Å². The SMILES string of the molecule is CC(C)(C)OC(=O)NCCn1ncc2cnc(Cl)nc21. The van der Waals surface area contributed by atoms with Crippen LogP contribution in [-0.2, 0) is 11.3 Å². The number of nitrogens with zero attached hydrogens (tertiary/aromatic N) is 4. The van der Waals surface area contributed by atoms with E-state index in [0.29, 0.717) is 18.7 Å². The molecule has 2 heterocycles. The third-order valence-corrected chi connectivity index (χ3v) is 2.52. The molecule has 108 valence electrons. The summed E-state index contributed by atoms with van der Waals surface area (Å²) < 4.78 is 6.79. The van der Waals surface area contributed by atoms with Crippen LogP contribution >= 0.6 is 11.6 Å². The van der Waals surface area contributed by atoms with Crippen LogP contribution in [0.2, 0.25) is 5.28 Å². The Morgan fingerprint density at radius 3 is 2.90 bits per heavy atom. The molecule has 0 aliphatic carbocycles. The zero-order valence-electron chi connectivity index (χ0n) is 11.6. The van der Waals surface area contributed by atoms with E-state index in [9.17, 15) is 4.79 Å². The molecule has 0 aliphatic heterocycles. The number of nitrogens with one attached hydrogen (secondary N) is 1. The van der Waals surface area contributed by atoms with E-state index < -0.39 is 11.7 Å². The smallest absolute Gasteiger partial charge is 0.407 e. The van der Waals surface area contributed by atoms with Crippen LogP contribution in [0.3, 0.4) is 0 Å². The number of carbonyl (C=O) groups is 1. The maximum atomic E-state index is 11.5. The molecule has 2 rings (SSSR count). The van der Waals surface area contributed by atoms with Crippen molar-refractivity contribution in [1.82, 2.24) is 25.1 Å². The lowest BCUT2D eigenvalue weighted by Gasteiger charge is -2.19. The number of rotatable bonds is 3. The standard InChI is InChI=1S/C12H16ClN5O2/c1-12(2,3)20-11(19)14-4-5-18-9-8(7-16-18)6-15-10(13)17-9/h6-7H,4-5H2,1-3H3,(H,14,19). The van der Waals surface area contributed by atoms with Crippen LogP contribution in [0.15, 0.2) is 12.4 Å². The summed E-state index contributed by atoms with van der Waals surface area (Å²) >= 11 is 5.75. The molecule has 0 atom stereocenters. The Morgan fingerprint density at radius 1 is 1.45 bits per heavy atom. The topological polar surface area (TPSA) is 81.9 Å². The third-order valence-electron chi connectivity index (χ3n) is 2.34. The van der Waals surface area contributed by atoms with Gasteiger partial charge in [-0.05, 0) is 32.4 Å². The first kappa shape index (κ1) is 14.5. The van der Waals surface area contributed by atoms with Gasteiger partial charge >= 0.3 is 6.09 Å². The number of halogens is 1. The molecule has 0 spiro atoms. The molecule has 0 bridgehead atoms. The fraction of sp³-hybridized carbons (Fsp3) is 0.500. The molecular weight excluding hydrogens is 282 g/mol. The summed E-state index contributed by atoms with van der Waals surface area (Å²) in [5.41, 5.74) is 0.124. The lowest BCUT2D eigenvalue weighted by Crippen LogP contribution is -2.34. The average molecular weight is 298 g/mol. The quantitative estimate of drug-likeness (QED) is 0.876. The van der Waals surface area contributed by atoms with Crippen LogP contribution in [0, 0.1) is 0 Å². The van der Waals surface area contributed by atoms with E-state index in [1.165, 1.54) is 0 Å². The number of alkyl carbamates (subject to hydrolysis) is 1. The van der Waals surface area contributed by atoms with Crippen molar-refractivity contribution in [2.75, 3.05) is 6.54 Å². The van der Waals surface area contributed by atoms with Crippen molar-refractivity contribution >= 4 is 28.7 Å². The molecule has 7 nitrogen and oxygen atoms in total. The summed E-state index contributed by atoms with van der Waals surface area (Å²) in [6, 6.07) is 0. The lowest BCUT2D eigenvalue weighted by molar-refractivity contribution is 0.0526. The van der Waals surface area contributed by atoms with E-state index in [2.05, 4.69) is 20.4 Å². The normalized spacial score (nSPS) is 11.6. The fourth-order valence-corrected chi connectivity index (χ4v) is 1.72. The first-order chi connectivity index (χ1) is 9.35. The molecular formula is C12H16ClN5O2. The molecule has 20 heavy (non-hydrogen) atoms. The van der Waals surface area contributed by atoms with Crippen molar-refractivity contribution in [2.45, 2.75) is 32.9 Å². The van der Waals surface area contributed by atoms with Crippen molar-refractivity contribution < 1.29 is 9.53 Å². The molecule has 0 saturated heterocycles. The van der Waals surface area contributed by atoms with E-state index in [1.807, 2.05) is 20.8 Å². The van der Waals surface area contributed by atoms with Gasteiger partial charge in [-0.15, -0.1) is 0 Å². The Balaban J connectivity index is 1.93. The van der Waals surface area contributed by atoms with Gasteiger partial charge in [-0.25, -0.2) is 14.5 Å². The number of carbonyl (C=O) groups excluding carboxylic acids is 1. The molecule has 2 aromatic heterocycles. The van der Waals surface area contributed by atoms with Gasteiger partial charge in [-0.1, -0.05) is 0 Å². The molecule has 8 heteroatoms. The summed E-state index contributed by atoms with van der Waals surface area (Å²) in [7, 11) is 0. The molecule has 0 aromatic carbocycles. The van der Waals surface area contributed by atoms with E-state index in [0.717, 1.165) is 5.39 Å². The third kappa shape index (κ3) is 3.80. The monoisotopic (exact) mass is 297 g/mol. The van der Waals surface area contributed by atoms with Crippen LogP contribution in [-0.4, -0.2) is 38.0 Å². The summed E-state index contributed by atoms with van der Waals surface area (Å²) in [4.78, 5) is 19.5. The Bertz CT molecular complexity index is 620. The van der Waals surface area contributed by atoms with Crippen molar-refractivity contribution in [3.8, 4) is 0 Å². The molecule has 1 N–H and O–H groups in total. The van der Waals surface area contributed by atoms with Gasteiger partial charge in [0.15, 0.2) is 5.65 Å². The number of hydrogen-bond donors (Lipinski definition) is 1. The van der Waals surface area contributed by atoms with Gasteiger partial charge in [0.2, 0.25) is 5.28 Å². The molecule has 2 aromatic rings. The van der Waals surface area contributed by atoms with Crippen LogP contribution in [0.5, 0.6) is 0 Å². The number of amides is 1. The van der Waals surface area contributed by atoms with Crippen molar-refractivity contribution in [3.63, 3.8) is 0 Å². The fourth-order valence-electron chi connectivity index (χ4n) is 1.59. The Kier molecular flexibility index (Phi) is 4.08. The minimum absolute atomic E-state index is 0.166.